The Kier molecular flexibility index (Phi) is 4.43. The number of hydrogen-bond acceptors (Lipinski definition) is 3. The summed E-state index contributed by atoms with van der Waals surface area (Å²) in [5.74, 6) is 5.48. The summed E-state index contributed by atoms with van der Waals surface area (Å²) in [6.45, 7) is 2.18. The van der Waals surface area contributed by atoms with Gasteiger partial charge in [-0.1, -0.05) is 19.8 Å². The molecule has 0 saturated carbocycles. The molecule has 3 heteroatoms. The van der Waals surface area contributed by atoms with Crippen LogP contribution in [0, 0.1) is 0 Å². The fourth-order valence-corrected chi connectivity index (χ4v) is 1.35. The highest BCUT2D eigenvalue weighted by Gasteiger charge is 2.07. The van der Waals surface area contributed by atoms with Crippen LogP contribution >= 0.6 is 0 Å². The second-order valence-corrected chi connectivity index (χ2v) is 3.14. The van der Waals surface area contributed by atoms with Crippen molar-refractivity contribution in [2.45, 2.75) is 32.2 Å². The van der Waals surface area contributed by atoms with Crippen molar-refractivity contribution in [1.82, 2.24) is 10.4 Å². The van der Waals surface area contributed by atoms with Crippen molar-refractivity contribution in [1.29, 1.82) is 0 Å². The summed E-state index contributed by atoms with van der Waals surface area (Å²) >= 11 is 0. The molecule has 0 aliphatic carbocycles. The first kappa shape index (κ1) is 10.2. The van der Waals surface area contributed by atoms with E-state index in [9.17, 15) is 0 Å². The fourth-order valence-electron chi connectivity index (χ4n) is 1.35. The number of nitrogens with two attached hydrogens (primary N) is 1. The van der Waals surface area contributed by atoms with Gasteiger partial charge in [-0.3, -0.25) is 16.3 Å². The van der Waals surface area contributed by atoms with Crippen LogP contribution in [0.3, 0.4) is 0 Å². The van der Waals surface area contributed by atoms with Crippen LogP contribution in [-0.2, 0) is 0 Å². The highest BCUT2D eigenvalue weighted by molar-refractivity contribution is 5.14. The second-order valence-electron chi connectivity index (χ2n) is 3.14. The molecule has 0 amide bonds. The van der Waals surface area contributed by atoms with Gasteiger partial charge in [0.25, 0.3) is 0 Å². The Bertz CT molecular complexity index is 223. The maximum Gasteiger partial charge on any atom is 0.0461 e. The lowest BCUT2D eigenvalue weighted by Crippen LogP contribution is -2.27. The van der Waals surface area contributed by atoms with Crippen LogP contribution in [0.25, 0.3) is 0 Å². The molecule has 0 fully saturated rings. The number of pyridine rings is 1. The van der Waals surface area contributed by atoms with E-state index in [-0.39, 0.29) is 6.04 Å². The number of nitrogens with one attached hydrogen (secondary N) is 1. The lowest BCUT2D eigenvalue weighted by Gasteiger charge is -2.15. The summed E-state index contributed by atoms with van der Waals surface area (Å²) in [5.41, 5.74) is 4.04. The number of aromatic nitrogens is 1. The first-order valence-corrected chi connectivity index (χ1v) is 4.74. The van der Waals surface area contributed by atoms with E-state index >= 15 is 0 Å². The van der Waals surface area contributed by atoms with E-state index in [1.54, 1.807) is 12.4 Å². The van der Waals surface area contributed by atoms with Crippen molar-refractivity contribution in [3.63, 3.8) is 0 Å². The van der Waals surface area contributed by atoms with Crippen LogP contribution in [-0.4, -0.2) is 4.98 Å². The molecule has 0 spiro atoms. The van der Waals surface area contributed by atoms with Gasteiger partial charge in [-0.15, -0.1) is 0 Å². The summed E-state index contributed by atoms with van der Waals surface area (Å²) in [7, 11) is 0. The first-order chi connectivity index (χ1) is 6.38. The quantitative estimate of drug-likeness (QED) is 0.535. The molecule has 0 radical (unpaired) electrons. The van der Waals surface area contributed by atoms with Crippen LogP contribution in [0.15, 0.2) is 24.5 Å². The fraction of sp³-hybridized carbons (Fsp3) is 0.500. The molecule has 1 heterocycles. The van der Waals surface area contributed by atoms with Gasteiger partial charge in [-0.2, -0.15) is 0 Å². The minimum Gasteiger partial charge on any atom is -0.271 e. The van der Waals surface area contributed by atoms with Gasteiger partial charge in [0.1, 0.15) is 0 Å². The lowest BCUT2D eigenvalue weighted by molar-refractivity contribution is 0.495. The molecular weight excluding hydrogens is 162 g/mol. The predicted octanol–water partition coefficient (Wildman–Crippen LogP) is 1.78. The van der Waals surface area contributed by atoms with Gasteiger partial charge in [0.15, 0.2) is 0 Å². The largest absolute Gasteiger partial charge is 0.271 e. The van der Waals surface area contributed by atoms with Crippen LogP contribution in [0.4, 0.5) is 0 Å². The SMILES string of the molecule is CCCCC(NN)c1ccncc1. The average Bonchev–Trinajstić information content (AvgIpc) is 2.21. The summed E-state index contributed by atoms with van der Waals surface area (Å²) in [6, 6.07) is 4.27. The molecule has 0 aliphatic rings. The molecule has 0 saturated heterocycles. The molecule has 72 valence electrons. The molecule has 1 atom stereocenters. The third kappa shape index (κ3) is 3.13. The van der Waals surface area contributed by atoms with E-state index in [1.165, 1.54) is 18.4 Å². The number of unbranched alkanes of at least 4 members (excludes halogenated alkanes) is 1. The Morgan fingerprint density at radius 1 is 1.46 bits per heavy atom. The molecule has 1 aromatic heterocycles. The number of hydrazine groups is 1. The number of hydrogen-bond donors (Lipinski definition) is 2. The Balaban J connectivity index is 2.56. The van der Waals surface area contributed by atoms with Crippen molar-refractivity contribution in [2.24, 2.45) is 5.84 Å². The summed E-state index contributed by atoms with van der Waals surface area (Å²) in [4.78, 5) is 3.97. The molecule has 0 aromatic carbocycles. The Labute approximate surface area is 79.3 Å². The van der Waals surface area contributed by atoms with E-state index in [0.717, 1.165) is 6.42 Å². The highest BCUT2D eigenvalue weighted by atomic mass is 15.2. The molecular formula is C10H17N3. The number of rotatable bonds is 5. The maximum absolute atomic E-state index is 5.48. The molecule has 0 bridgehead atoms. The second kappa shape index (κ2) is 5.67. The Hall–Kier alpha value is -0.930. The van der Waals surface area contributed by atoms with E-state index in [0.29, 0.717) is 0 Å². The van der Waals surface area contributed by atoms with Gasteiger partial charge < -0.3 is 0 Å². The van der Waals surface area contributed by atoms with Gasteiger partial charge in [0.2, 0.25) is 0 Å². The van der Waals surface area contributed by atoms with Crippen LogP contribution < -0.4 is 11.3 Å². The summed E-state index contributed by atoms with van der Waals surface area (Å²) in [5, 5.41) is 0. The standard InChI is InChI=1S/C10H17N3/c1-2-3-4-10(13-11)9-5-7-12-8-6-9/h5-8,10,13H,2-4,11H2,1H3. The van der Waals surface area contributed by atoms with Crippen LogP contribution in [0.1, 0.15) is 37.8 Å². The van der Waals surface area contributed by atoms with Crippen molar-refractivity contribution in [2.75, 3.05) is 0 Å². The molecule has 0 aliphatic heterocycles. The topological polar surface area (TPSA) is 50.9 Å². The third-order valence-electron chi connectivity index (χ3n) is 2.16. The minimum absolute atomic E-state index is 0.267. The third-order valence-corrected chi connectivity index (χ3v) is 2.16. The molecule has 13 heavy (non-hydrogen) atoms. The zero-order chi connectivity index (χ0) is 9.52. The smallest absolute Gasteiger partial charge is 0.0461 e. The Morgan fingerprint density at radius 3 is 2.69 bits per heavy atom. The molecule has 3 nitrogen and oxygen atoms in total. The van der Waals surface area contributed by atoms with E-state index < -0.39 is 0 Å². The minimum atomic E-state index is 0.267. The van der Waals surface area contributed by atoms with Crippen molar-refractivity contribution in [3.8, 4) is 0 Å². The monoisotopic (exact) mass is 179 g/mol. The first-order valence-electron chi connectivity index (χ1n) is 4.74. The number of nitrogens with zero attached hydrogens (tertiary/aromatic N) is 1. The highest BCUT2D eigenvalue weighted by Crippen LogP contribution is 2.16. The van der Waals surface area contributed by atoms with E-state index in [1.807, 2.05) is 12.1 Å². The summed E-state index contributed by atoms with van der Waals surface area (Å²) < 4.78 is 0. The van der Waals surface area contributed by atoms with Gasteiger partial charge in [0.05, 0.1) is 0 Å². The molecule has 1 aromatic rings. The maximum atomic E-state index is 5.48. The van der Waals surface area contributed by atoms with Crippen molar-refractivity contribution < 1.29 is 0 Å². The van der Waals surface area contributed by atoms with Gasteiger partial charge in [0, 0.05) is 18.4 Å². The van der Waals surface area contributed by atoms with Crippen molar-refractivity contribution in [3.05, 3.63) is 30.1 Å². The van der Waals surface area contributed by atoms with Gasteiger partial charge in [-0.25, -0.2) is 0 Å². The molecule has 1 unspecified atom stereocenters. The lowest BCUT2D eigenvalue weighted by atomic mass is 10.0. The Morgan fingerprint density at radius 2 is 2.15 bits per heavy atom. The zero-order valence-corrected chi connectivity index (χ0v) is 8.03. The van der Waals surface area contributed by atoms with Crippen LogP contribution in [0.2, 0.25) is 0 Å². The van der Waals surface area contributed by atoms with Crippen LogP contribution in [0.5, 0.6) is 0 Å². The molecule has 3 N–H and O–H groups in total. The van der Waals surface area contributed by atoms with Gasteiger partial charge >= 0.3 is 0 Å². The summed E-state index contributed by atoms with van der Waals surface area (Å²) in [6.07, 6.45) is 7.06. The van der Waals surface area contributed by atoms with Crippen molar-refractivity contribution >= 4 is 0 Å². The van der Waals surface area contributed by atoms with E-state index in [2.05, 4.69) is 17.3 Å². The average molecular weight is 179 g/mol. The van der Waals surface area contributed by atoms with E-state index in [4.69, 9.17) is 5.84 Å². The van der Waals surface area contributed by atoms with Gasteiger partial charge in [-0.05, 0) is 24.1 Å². The normalized spacial score (nSPS) is 12.8. The predicted molar refractivity (Wildman–Crippen MR) is 53.8 cm³/mol. The molecule has 1 rings (SSSR count). The zero-order valence-electron chi connectivity index (χ0n) is 8.03.